The standard InChI is InChI=1S/C14H26O/c1-4-5-6-7-8-9-10-11-12-14(15)13(2)3/h13-15H,4-10H2,1-3H3/t14-/m0/s1. The van der Waals surface area contributed by atoms with Crippen LogP contribution in [0.4, 0.5) is 0 Å². The molecule has 1 heteroatoms. The summed E-state index contributed by atoms with van der Waals surface area (Å²) in [7, 11) is 0. The molecular weight excluding hydrogens is 184 g/mol. The molecule has 0 aliphatic heterocycles. The van der Waals surface area contributed by atoms with E-state index in [1.165, 1.54) is 38.5 Å². The van der Waals surface area contributed by atoms with Gasteiger partial charge in [-0.3, -0.25) is 0 Å². The molecule has 0 rings (SSSR count). The Hall–Kier alpha value is -0.480. The van der Waals surface area contributed by atoms with E-state index in [0.29, 0.717) is 0 Å². The molecule has 0 saturated heterocycles. The van der Waals surface area contributed by atoms with Gasteiger partial charge in [0, 0.05) is 6.42 Å². The zero-order valence-electron chi connectivity index (χ0n) is 10.6. The molecule has 1 N–H and O–H groups in total. The van der Waals surface area contributed by atoms with Crippen molar-refractivity contribution in [1.82, 2.24) is 0 Å². The van der Waals surface area contributed by atoms with Crippen molar-refractivity contribution in [2.75, 3.05) is 0 Å². The third-order valence-corrected chi connectivity index (χ3v) is 2.54. The van der Waals surface area contributed by atoms with Gasteiger partial charge in [0.25, 0.3) is 0 Å². The van der Waals surface area contributed by atoms with Gasteiger partial charge in [-0.2, -0.15) is 0 Å². The van der Waals surface area contributed by atoms with E-state index in [0.717, 1.165) is 6.42 Å². The van der Waals surface area contributed by atoms with E-state index in [-0.39, 0.29) is 5.92 Å². The van der Waals surface area contributed by atoms with Gasteiger partial charge in [-0.25, -0.2) is 0 Å². The minimum absolute atomic E-state index is 0.252. The smallest absolute Gasteiger partial charge is 0.117 e. The third-order valence-electron chi connectivity index (χ3n) is 2.54. The van der Waals surface area contributed by atoms with Crippen molar-refractivity contribution in [2.45, 2.75) is 71.8 Å². The van der Waals surface area contributed by atoms with Crippen LogP contribution in [0.2, 0.25) is 0 Å². The van der Waals surface area contributed by atoms with Crippen molar-refractivity contribution in [2.24, 2.45) is 5.92 Å². The maximum Gasteiger partial charge on any atom is 0.117 e. The van der Waals surface area contributed by atoms with Crippen molar-refractivity contribution in [3.05, 3.63) is 0 Å². The highest BCUT2D eigenvalue weighted by atomic mass is 16.3. The van der Waals surface area contributed by atoms with Crippen LogP contribution in [0.25, 0.3) is 0 Å². The molecule has 0 saturated carbocycles. The van der Waals surface area contributed by atoms with Crippen LogP contribution < -0.4 is 0 Å². The molecule has 0 aromatic carbocycles. The molecule has 15 heavy (non-hydrogen) atoms. The van der Waals surface area contributed by atoms with Gasteiger partial charge in [0.1, 0.15) is 6.10 Å². The van der Waals surface area contributed by atoms with Crippen molar-refractivity contribution in [1.29, 1.82) is 0 Å². The van der Waals surface area contributed by atoms with Crippen molar-refractivity contribution >= 4 is 0 Å². The lowest BCUT2D eigenvalue weighted by Gasteiger charge is -2.05. The molecule has 0 fully saturated rings. The van der Waals surface area contributed by atoms with Gasteiger partial charge in [0.05, 0.1) is 0 Å². The highest BCUT2D eigenvalue weighted by Crippen LogP contribution is 2.06. The SMILES string of the molecule is CCCCCCCCC#C[C@H](O)C(C)C. The monoisotopic (exact) mass is 210 g/mol. The molecule has 0 aromatic rings. The average Bonchev–Trinajstić information content (AvgIpc) is 2.21. The number of hydrogen-bond donors (Lipinski definition) is 1. The molecule has 1 atom stereocenters. The summed E-state index contributed by atoms with van der Waals surface area (Å²) in [6.07, 6.45) is 8.33. The first-order valence-electron chi connectivity index (χ1n) is 6.35. The maximum absolute atomic E-state index is 9.43. The van der Waals surface area contributed by atoms with Crippen LogP contribution in [0, 0.1) is 17.8 Å². The van der Waals surface area contributed by atoms with Crippen LogP contribution in [0.15, 0.2) is 0 Å². The Morgan fingerprint density at radius 1 is 1.00 bits per heavy atom. The molecule has 1 nitrogen and oxygen atoms in total. The summed E-state index contributed by atoms with van der Waals surface area (Å²) < 4.78 is 0. The molecule has 0 amide bonds. The van der Waals surface area contributed by atoms with Crippen LogP contribution in [0.3, 0.4) is 0 Å². The van der Waals surface area contributed by atoms with Crippen LogP contribution in [0.1, 0.15) is 65.7 Å². The molecule has 0 radical (unpaired) electrons. The molecular formula is C14H26O. The number of unbranched alkanes of at least 4 members (excludes halogenated alkanes) is 6. The van der Waals surface area contributed by atoms with Crippen LogP contribution in [0.5, 0.6) is 0 Å². The molecule has 0 spiro atoms. The zero-order chi connectivity index (χ0) is 11.5. The van der Waals surface area contributed by atoms with E-state index >= 15 is 0 Å². The summed E-state index contributed by atoms with van der Waals surface area (Å²) in [5.74, 6) is 6.20. The highest BCUT2D eigenvalue weighted by Gasteiger charge is 2.02. The van der Waals surface area contributed by atoms with E-state index < -0.39 is 6.10 Å². The van der Waals surface area contributed by atoms with E-state index in [1.807, 2.05) is 13.8 Å². The number of rotatable bonds is 7. The normalized spacial score (nSPS) is 12.3. The Labute approximate surface area is 95.3 Å². The predicted octanol–water partition coefficient (Wildman–Crippen LogP) is 3.76. The Balaban J connectivity index is 3.30. The van der Waals surface area contributed by atoms with Gasteiger partial charge in [0.2, 0.25) is 0 Å². The lowest BCUT2D eigenvalue weighted by Crippen LogP contribution is -2.11. The molecule has 0 aliphatic carbocycles. The van der Waals surface area contributed by atoms with Gasteiger partial charge in [-0.1, -0.05) is 58.8 Å². The highest BCUT2D eigenvalue weighted by molar-refractivity contribution is 5.05. The van der Waals surface area contributed by atoms with Crippen LogP contribution >= 0.6 is 0 Å². The van der Waals surface area contributed by atoms with Crippen LogP contribution in [-0.4, -0.2) is 11.2 Å². The van der Waals surface area contributed by atoms with Gasteiger partial charge in [-0.05, 0) is 12.3 Å². The topological polar surface area (TPSA) is 20.2 Å². The second-order valence-electron chi connectivity index (χ2n) is 4.53. The van der Waals surface area contributed by atoms with Gasteiger partial charge in [0.15, 0.2) is 0 Å². The average molecular weight is 210 g/mol. The van der Waals surface area contributed by atoms with Crippen molar-refractivity contribution in [3.63, 3.8) is 0 Å². The fraction of sp³-hybridized carbons (Fsp3) is 0.857. The first kappa shape index (κ1) is 14.5. The molecule has 0 aliphatic rings. The Morgan fingerprint density at radius 2 is 1.60 bits per heavy atom. The molecule has 0 aromatic heterocycles. The minimum atomic E-state index is -0.440. The van der Waals surface area contributed by atoms with E-state index in [1.54, 1.807) is 0 Å². The second-order valence-corrected chi connectivity index (χ2v) is 4.53. The largest absolute Gasteiger partial charge is 0.380 e. The Morgan fingerprint density at radius 3 is 2.20 bits per heavy atom. The van der Waals surface area contributed by atoms with E-state index in [2.05, 4.69) is 18.8 Å². The Kier molecular flexibility index (Phi) is 9.73. The molecule has 88 valence electrons. The minimum Gasteiger partial charge on any atom is -0.380 e. The summed E-state index contributed by atoms with van der Waals surface area (Å²) in [6, 6.07) is 0. The molecule has 0 heterocycles. The molecule has 0 unspecified atom stereocenters. The first-order valence-corrected chi connectivity index (χ1v) is 6.35. The lowest BCUT2D eigenvalue weighted by molar-refractivity contribution is 0.181. The van der Waals surface area contributed by atoms with Crippen LogP contribution in [-0.2, 0) is 0 Å². The Bertz CT molecular complexity index is 185. The summed E-state index contributed by atoms with van der Waals surface area (Å²) in [5.41, 5.74) is 0. The molecule has 0 bridgehead atoms. The number of aliphatic hydroxyl groups excluding tert-OH is 1. The van der Waals surface area contributed by atoms with E-state index in [9.17, 15) is 5.11 Å². The van der Waals surface area contributed by atoms with Gasteiger partial charge in [-0.15, -0.1) is 5.92 Å². The fourth-order valence-corrected chi connectivity index (χ4v) is 1.34. The zero-order valence-corrected chi connectivity index (χ0v) is 10.6. The fourth-order valence-electron chi connectivity index (χ4n) is 1.34. The summed E-state index contributed by atoms with van der Waals surface area (Å²) in [4.78, 5) is 0. The summed E-state index contributed by atoms with van der Waals surface area (Å²) >= 11 is 0. The van der Waals surface area contributed by atoms with Crippen molar-refractivity contribution in [3.8, 4) is 11.8 Å². The first-order chi connectivity index (χ1) is 7.18. The summed E-state index contributed by atoms with van der Waals surface area (Å²) in [6.45, 7) is 6.22. The van der Waals surface area contributed by atoms with Gasteiger partial charge >= 0.3 is 0 Å². The van der Waals surface area contributed by atoms with Gasteiger partial charge < -0.3 is 5.11 Å². The maximum atomic E-state index is 9.43. The lowest BCUT2D eigenvalue weighted by atomic mass is 10.1. The van der Waals surface area contributed by atoms with Crippen molar-refractivity contribution < 1.29 is 5.11 Å². The van der Waals surface area contributed by atoms with E-state index in [4.69, 9.17) is 0 Å². The number of hydrogen-bond acceptors (Lipinski definition) is 1. The third kappa shape index (κ3) is 9.82. The quantitative estimate of drug-likeness (QED) is 0.501. The summed E-state index contributed by atoms with van der Waals surface area (Å²) in [5, 5.41) is 9.43. The number of aliphatic hydroxyl groups is 1. The predicted molar refractivity (Wildman–Crippen MR) is 66.6 cm³/mol. The second kappa shape index (κ2) is 10.1.